The summed E-state index contributed by atoms with van der Waals surface area (Å²) in [6, 6.07) is 15.5. The highest BCUT2D eigenvalue weighted by molar-refractivity contribution is 7.22. The molecule has 0 aliphatic heterocycles. The molecule has 7 nitrogen and oxygen atoms in total. The molecule has 0 saturated carbocycles. The van der Waals surface area contributed by atoms with Gasteiger partial charge in [-0.25, -0.2) is 9.97 Å². The van der Waals surface area contributed by atoms with E-state index < -0.39 is 11.6 Å². The van der Waals surface area contributed by atoms with Crippen molar-refractivity contribution in [3.05, 3.63) is 88.8 Å². The average molecular weight is 599 g/mol. The van der Waals surface area contributed by atoms with Crippen LogP contribution >= 0.6 is 22.9 Å². The van der Waals surface area contributed by atoms with E-state index in [0.29, 0.717) is 5.02 Å². The fourth-order valence-electron chi connectivity index (χ4n) is 4.66. The molecule has 0 bridgehead atoms. The molecule has 6 rings (SSSR count). The van der Waals surface area contributed by atoms with Gasteiger partial charge in [-0.15, -0.1) is 11.3 Å². The molecule has 6 aromatic rings. The molecule has 0 radical (unpaired) electrons. The highest BCUT2D eigenvalue weighted by Gasteiger charge is 2.20. The van der Waals surface area contributed by atoms with Crippen LogP contribution in [0.3, 0.4) is 0 Å². The Morgan fingerprint density at radius 1 is 0.976 bits per heavy atom. The Bertz CT molecular complexity index is 1910. The predicted octanol–water partition coefficient (Wildman–Crippen LogP) is 8.24. The number of hydrogen-bond acceptors (Lipinski definition) is 6. The summed E-state index contributed by atoms with van der Waals surface area (Å²) in [4.78, 5) is 29.0. The molecule has 3 N–H and O–H groups in total. The fraction of sp³-hybridized carbons (Fsp3) is 0.212. The van der Waals surface area contributed by atoms with Crippen molar-refractivity contribution in [2.24, 2.45) is 0 Å². The molecule has 4 heterocycles. The molecule has 214 valence electrons. The van der Waals surface area contributed by atoms with Gasteiger partial charge in [0.2, 0.25) is 0 Å². The molecular weight excluding hydrogens is 568 g/mol. The average Bonchev–Trinajstić information content (AvgIpc) is 3.52. The van der Waals surface area contributed by atoms with E-state index in [1.165, 1.54) is 0 Å². The SMILES string of the molecule is CC(C)(C)O.Cc1cc2nc(-c3ccnc(-c4cnc5[nH]cc(C)c5c4)c3)sc2c(-c2ccc(Cl)cc2)c1CC(=O)O. The molecule has 0 aliphatic carbocycles. The minimum absolute atomic E-state index is 0.0690. The Morgan fingerprint density at radius 3 is 2.38 bits per heavy atom. The molecule has 42 heavy (non-hydrogen) atoms. The number of aromatic amines is 1. The molecule has 0 saturated heterocycles. The number of carboxylic acids is 1. The molecule has 0 fully saturated rings. The Balaban J connectivity index is 0.000000652. The largest absolute Gasteiger partial charge is 0.481 e. The van der Waals surface area contributed by atoms with E-state index in [-0.39, 0.29) is 6.42 Å². The Morgan fingerprint density at radius 2 is 1.69 bits per heavy atom. The van der Waals surface area contributed by atoms with Gasteiger partial charge >= 0.3 is 5.97 Å². The number of fused-ring (bicyclic) bond motifs is 2. The molecule has 0 aliphatic rings. The first-order chi connectivity index (χ1) is 19.9. The van der Waals surface area contributed by atoms with Gasteiger partial charge < -0.3 is 15.2 Å². The van der Waals surface area contributed by atoms with Crippen LogP contribution in [0.2, 0.25) is 5.02 Å². The lowest BCUT2D eigenvalue weighted by atomic mass is 9.93. The molecule has 2 aromatic carbocycles. The van der Waals surface area contributed by atoms with E-state index in [9.17, 15) is 9.90 Å². The number of hydrogen-bond donors (Lipinski definition) is 3. The summed E-state index contributed by atoms with van der Waals surface area (Å²) in [7, 11) is 0. The Labute approximate surface area is 252 Å². The summed E-state index contributed by atoms with van der Waals surface area (Å²) in [5.41, 5.74) is 8.50. The van der Waals surface area contributed by atoms with Crippen molar-refractivity contribution in [2.45, 2.75) is 46.6 Å². The smallest absolute Gasteiger partial charge is 0.307 e. The number of carboxylic acid groups (broad SMARTS) is 1. The van der Waals surface area contributed by atoms with Crippen LogP contribution in [0.4, 0.5) is 0 Å². The van der Waals surface area contributed by atoms with Gasteiger partial charge in [-0.2, -0.15) is 0 Å². The van der Waals surface area contributed by atoms with Crippen LogP contribution in [0.25, 0.3) is 54.2 Å². The summed E-state index contributed by atoms with van der Waals surface area (Å²) < 4.78 is 0.948. The molecule has 0 atom stereocenters. The first kappa shape index (κ1) is 29.4. The molecular formula is C33H31ClN4O3S. The molecule has 0 spiro atoms. The van der Waals surface area contributed by atoms with Gasteiger partial charge in [0.15, 0.2) is 0 Å². The highest BCUT2D eigenvalue weighted by atomic mass is 35.5. The lowest BCUT2D eigenvalue weighted by Crippen LogP contribution is -2.10. The Hall–Kier alpha value is -4.11. The predicted molar refractivity (Wildman–Crippen MR) is 171 cm³/mol. The molecule has 0 amide bonds. The maximum absolute atomic E-state index is 11.7. The van der Waals surface area contributed by atoms with Gasteiger partial charge in [0.05, 0.1) is 27.9 Å². The lowest BCUT2D eigenvalue weighted by Gasteiger charge is -2.13. The van der Waals surface area contributed by atoms with Gasteiger partial charge in [0.25, 0.3) is 0 Å². The minimum atomic E-state index is -0.871. The number of rotatable bonds is 5. The van der Waals surface area contributed by atoms with E-state index in [4.69, 9.17) is 21.7 Å². The summed E-state index contributed by atoms with van der Waals surface area (Å²) >= 11 is 7.69. The molecule has 9 heteroatoms. The maximum Gasteiger partial charge on any atom is 0.307 e. The van der Waals surface area contributed by atoms with Crippen LogP contribution in [0, 0.1) is 13.8 Å². The summed E-state index contributed by atoms with van der Waals surface area (Å²) in [5.74, 6) is -0.871. The second-order valence-electron chi connectivity index (χ2n) is 11.2. The van der Waals surface area contributed by atoms with Crippen molar-refractivity contribution in [1.82, 2.24) is 19.9 Å². The van der Waals surface area contributed by atoms with Crippen LogP contribution in [-0.4, -0.2) is 41.7 Å². The van der Waals surface area contributed by atoms with E-state index in [2.05, 4.69) is 21.0 Å². The number of aliphatic hydroxyl groups is 1. The number of aryl methyl sites for hydroxylation is 2. The van der Waals surface area contributed by atoms with Gasteiger partial charge in [-0.3, -0.25) is 9.78 Å². The van der Waals surface area contributed by atoms with Gasteiger partial charge in [-0.05, 0) is 93.3 Å². The lowest BCUT2D eigenvalue weighted by molar-refractivity contribution is -0.136. The van der Waals surface area contributed by atoms with E-state index >= 15 is 0 Å². The van der Waals surface area contributed by atoms with Gasteiger partial charge in [0.1, 0.15) is 10.7 Å². The van der Waals surface area contributed by atoms with Crippen LogP contribution in [0.1, 0.15) is 37.5 Å². The quantitative estimate of drug-likeness (QED) is 0.184. The van der Waals surface area contributed by atoms with Crippen molar-refractivity contribution in [3.8, 4) is 33.0 Å². The van der Waals surface area contributed by atoms with E-state index in [1.807, 2.05) is 68.7 Å². The van der Waals surface area contributed by atoms with Crippen LogP contribution < -0.4 is 0 Å². The van der Waals surface area contributed by atoms with Crippen molar-refractivity contribution >= 4 is 50.2 Å². The zero-order chi connectivity index (χ0) is 30.2. The van der Waals surface area contributed by atoms with Crippen molar-refractivity contribution in [2.75, 3.05) is 0 Å². The normalized spacial score (nSPS) is 11.5. The Kier molecular flexibility index (Phi) is 8.14. The first-order valence-corrected chi connectivity index (χ1v) is 14.6. The monoisotopic (exact) mass is 598 g/mol. The first-order valence-electron chi connectivity index (χ1n) is 13.4. The van der Waals surface area contributed by atoms with Crippen molar-refractivity contribution in [3.63, 3.8) is 0 Å². The van der Waals surface area contributed by atoms with Gasteiger partial charge in [-0.1, -0.05) is 23.7 Å². The number of pyridine rings is 2. The zero-order valence-corrected chi connectivity index (χ0v) is 25.6. The number of benzene rings is 2. The number of thiazole rings is 1. The van der Waals surface area contributed by atoms with Crippen molar-refractivity contribution in [1.29, 1.82) is 0 Å². The number of H-pyrrole nitrogens is 1. The number of aromatic nitrogens is 4. The summed E-state index contributed by atoms with van der Waals surface area (Å²) in [5, 5.41) is 20.7. The number of nitrogens with zero attached hydrogens (tertiary/aromatic N) is 3. The number of aliphatic carboxylic acids is 1. The van der Waals surface area contributed by atoms with Crippen LogP contribution in [0.15, 0.2) is 67.1 Å². The fourth-order valence-corrected chi connectivity index (χ4v) is 5.92. The number of halogens is 1. The van der Waals surface area contributed by atoms with Crippen LogP contribution in [-0.2, 0) is 11.2 Å². The third-order valence-corrected chi connectivity index (χ3v) is 7.90. The third-order valence-electron chi connectivity index (χ3n) is 6.51. The molecule has 4 aromatic heterocycles. The topological polar surface area (TPSA) is 112 Å². The van der Waals surface area contributed by atoms with E-state index in [1.54, 1.807) is 38.3 Å². The van der Waals surface area contributed by atoms with E-state index in [0.717, 1.165) is 70.9 Å². The summed E-state index contributed by atoms with van der Waals surface area (Å²) in [6.45, 7) is 9.22. The zero-order valence-electron chi connectivity index (χ0n) is 24.0. The number of carbonyl (C=O) groups is 1. The minimum Gasteiger partial charge on any atom is -0.481 e. The standard InChI is InChI=1S/C29H21ClN4O2S.C4H10O/c1-15-9-24-27(26(21(15)12-25(35)36)17-3-5-20(30)6-4-17)37-29(34-24)18-7-8-31-23(11-18)19-10-22-16(2)13-32-28(22)33-14-19;1-4(2,3)5/h3-11,13-14H,12H2,1-2H3,(H,32,33)(H,35,36);5H,1-3H3. The number of nitrogens with one attached hydrogen (secondary N) is 1. The second kappa shape index (κ2) is 11.6. The van der Waals surface area contributed by atoms with Gasteiger partial charge in [0, 0.05) is 45.7 Å². The molecule has 0 unspecified atom stereocenters. The third kappa shape index (κ3) is 6.51. The summed E-state index contributed by atoms with van der Waals surface area (Å²) in [6.07, 6.45) is 5.49. The van der Waals surface area contributed by atoms with Crippen molar-refractivity contribution < 1.29 is 15.0 Å². The maximum atomic E-state index is 11.7. The second-order valence-corrected chi connectivity index (χ2v) is 12.6. The highest BCUT2D eigenvalue weighted by Crippen LogP contribution is 2.41. The van der Waals surface area contributed by atoms with Crippen LogP contribution in [0.5, 0.6) is 0 Å².